The predicted octanol–water partition coefficient (Wildman–Crippen LogP) is 3.65. The largest absolute Gasteiger partial charge is 0.473 e. The highest BCUT2D eigenvalue weighted by Gasteiger charge is 2.27. The number of fused-ring (bicyclic) bond motifs is 1. The quantitative estimate of drug-likeness (QED) is 0.434. The van der Waals surface area contributed by atoms with Crippen molar-refractivity contribution in [2.24, 2.45) is 13.0 Å². The normalized spacial score (nSPS) is 18.3. The number of nitrogens with one attached hydrogen (secondary N) is 1. The molecule has 1 aliphatic carbocycles. The second-order valence-corrected chi connectivity index (χ2v) is 9.67. The number of ether oxygens (including phenoxy) is 1. The van der Waals surface area contributed by atoms with Gasteiger partial charge in [-0.05, 0) is 31.6 Å². The summed E-state index contributed by atoms with van der Waals surface area (Å²) in [6, 6.07) is 5.54. The lowest BCUT2D eigenvalue weighted by Gasteiger charge is -2.29. The lowest BCUT2D eigenvalue weighted by atomic mass is 9.93. The molecule has 0 unspecified atom stereocenters. The SMILES string of the molecule is CNc1cc2c(cn1)c(-c1cnn(C)c1)nn2C1CCC(Oc2ccc(=O)n(CC(C)C)n2)CC1. The van der Waals surface area contributed by atoms with Crippen molar-refractivity contribution in [3.05, 3.63) is 47.1 Å². The molecular formula is C25H32N8O2. The van der Waals surface area contributed by atoms with Gasteiger partial charge in [-0.1, -0.05) is 13.8 Å². The fourth-order valence-electron chi connectivity index (χ4n) is 4.75. The van der Waals surface area contributed by atoms with E-state index < -0.39 is 0 Å². The molecule has 0 saturated heterocycles. The van der Waals surface area contributed by atoms with Crippen molar-refractivity contribution < 1.29 is 4.74 Å². The van der Waals surface area contributed by atoms with Crippen LogP contribution in [-0.2, 0) is 13.6 Å². The van der Waals surface area contributed by atoms with E-state index in [9.17, 15) is 4.79 Å². The van der Waals surface area contributed by atoms with Crippen molar-refractivity contribution in [2.45, 2.75) is 58.2 Å². The van der Waals surface area contributed by atoms with Crippen LogP contribution in [-0.4, -0.2) is 47.5 Å². The van der Waals surface area contributed by atoms with Gasteiger partial charge in [0.15, 0.2) is 0 Å². The molecule has 184 valence electrons. The summed E-state index contributed by atoms with van der Waals surface area (Å²) in [5, 5.41) is 17.9. The van der Waals surface area contributed by atoms with Crippen LogP contribution in [0.4, 0.5) is 5.82 Å². The van der Waals surface area contributed by atoms with Crippen molar-refractivity contribution in [3.8, 4) is 17.1 Å². The average molecular weight is 477 g/mol. The maximum absolute atomic E-state index is 12.1. The fraction of sp³-hybridized carbons (Fsp3) is 0.480. The third-order valence-electron chi connectivity index (χ3n) is 6.48. The number of hydrogen-bond acceptors (Lipinski definition) is 7. The molecule has 0 aromatic carbocycles. The molecule has 1 N–H and O–H groups in total. The minimum Gasteiger partial charge on any atom is -0.473 e. The lowest BCUT2D eigenvalue weighted by Crippen LogP contribution is -2.29. The number of pyridine rings is 1. The van der Waals surface area contributed by atoms with Gasteiger partial charge in [0, 0.05) is 62.2 Å². The summed E-state index contributed by atoms with van der Waals surface area (Å²) >= 11 is 0. The highest BCUT2D eigenvalue weighted by Crippen LogP contribution is 2.36. The van der Waals surface area contributed by atoms with Gasteiger partial charge in [-0.3, -0.25) is 14.2 Å². The van der Waals surface area contributed by atoms with Crippen LogP contribution in [0.2, 0.25) is 0 Å². The Hall–Kier alpha value is -3.69. The Balaban J connectivity index is 1.35. The van der Waals surface area contributed by atoms with Crippen molar-refractivity contribution in [3.63, 3.8) is 0 Å². The second-order valence-electron chi connectivity index (χ2n) is 9.67. The van der Waals surface area contributed by atoms with Gasteiger partial charge in [0.2, 0.25) is 5.88 Å². The zero-order valence-electron chi connectivity index (χ0n) is 20.7. The molecule has 1 aliphatic rings. The van der Waals surface area contributed by atoms with Crippen LogP contribution in [0, 0.1) is 5.92 Å². The fourth-order valence-corrected chi connectivity index (χ4v) is 4.75. The van der Waals surface area contributed by atoms with Crippen LogP contribution in [0.3, 0.4) is 0 Å². The maximum Gasteiger partial charge on any atom is 0.266 e. The Morgan fingerprint density at radius 2 is 1.94 bits per heavy atom. The molecule has 4 aromatic rings. The zero-order valence-corrected chi connectivity index (χ0v) is 20.7. The topological polar surface area (TPSA) is 105 Å². The highest BCUT2D eigenvalue weighted by atomic mass is 16.5. The van der Waals surface area contributed by atoms with E-state index in [-0.39, 0.29) is 17.7 Å². The third-order valence-corrected chi connectivity index (χ3v) is 6.48. The molecule has 0 bridgehead atoms. The molecular weight excluding hydrogens is 444 g/mol. The Kier molecular flexibility index (Phi) is 6.27. The number of nitrogens with zero attached hydrogens (tertiary/aromatic N) is 7. The van der Waals surface area contributed by atoms with Gasteiger partial charge in [0.25, 0.3) is 5.56 Å². The second kappa shape index (κ2) is 9.52. The molecule has 10 nitrogen and oxygen atoms in total. The first-order valence-corrected chi connectivity index (χ1v) is 12.2. The van der Waals surface area contributed by atoms with Gasteiger partial charge in [-0.15, -0.1) is 5.10 Å². The molecule has 35 heavy (non-hydrogen) atoms. The Bertz CT molecular complexity index is 1380. The molecule has 0 aliphatic heterocycles. The van der Waals surface area contributed by atoms with Gasteiger partial charge in [0.1, 0.15) is 17.6 Å². The van der Waals surface area contributed by atoms with Crippen LogP contribution in [0.15, 0.2) is 41.6 Å². The predicted molar refractivity (Wildman–Crippen MR) is 135 cm³/mol. The molecule has 1 fully saturated rings. The molecule has 0 atom stereocenters. The smallest absolute Gasteiger partial charge is 0.266 e. The first-order chi connectivity index (χ1) is 16.9. The Labute approximate surface area is 203 Å². The van der Waals surface area contributed by atoms with E-state index in [4.69, 9.17) is 9.84 Å². The number of aromatic nitrogens is 7. The van der Waals surface area contributed by atoms with Crippen LogP contribution < -0.4 is 15.6 Å². The van der Waals surface area contributed by atoms with Crippen molar-refractivity contribution in [2.75, 3.05) is 12.4 Å². The first kappa shape index (κ1) is 23.1. The van der Waals surface area contributed by atoms with Crippen molar-refractivity contribution >= 4 is 16.7 Å². The molecule has 1 saturated carbocycles. The summed E-state index contributed by atoms with van der Waals surface area (Å²) in [5.74, 6) is 1.67. The van der Waals surface area contributed by atoms with E-state index >= 15 is 0 Å². The summed E-state index contributed by atoms with van der Waals surface area (Å²) in [4.78, 5) is 16.6. The monoisotopic (exact) mass is 476 g/mol. The highest BCUT2D eigenvalue weighted by molar-refractivity contribution is 5.93. The van der Waals surface area contributed by atoms with E-state index in [1.165, 1.54) is 4.68 Å². The van der Waals surface area contributed by atoms with E-state index in [0.29, 0.717) is 18.3 Å². The zero-order chi connectivity index (χ0) is 24.5. The molecule has 0 amide bonds. The Morgan fingerprint density at radius 3 is 2.63 bits per heavy atom. The molecule has 4 heterocycles. The van der Waals surface area contributed by atoms with Gasteiger partial charge in [0.05, 0.1) is 17.8 Å². The van der Waals surface area contributed by atoms with E-state index in [1.54, 1.807) is 16.8 Å². The van der Waals surface area contributed by atoms with Crippen molar-refractivity contribution in [1.82, 2.24) is 34.3 Å². The number of rotatable bonds is 7. The van der Waals surface area contributed by atoms with Gasteiger partial charge in [-0.2, -0.15) is 10.2 Å². The van der Waals surface area contributed by atoms with E-state index in [0.717, 1.165) is 53.7 Å². The average Bonchev–Trinajstić information content (AvgIpc) is 3.44. The first-order valence-electron chi connectivity index (χ1n) is 12.2. The lowest BCUT2D eigenvalue weighted by molar-refractivity contribution is 0.122. The standard InChI is InChI=1S/C25H32N8O2/c1-16(2)14-32-24(34)10-9-23(29-32)35-19-7-5-18(6-8-19)33-21-11-22(26-3)27-13-20(21)25(30-33)17-12-28-31(4)15-17/h9-13,15-16,18-19H,5-8,14H2,1-4H3,(H,26,27). The van der Waals surface area contributed by atoms with E-state index in [1.807, 2.05) is 32.7 Å². The number of aryl methyl sites for hydroxylation is 1. The summed E-state index contributed by atoms with van der Waals surface area (Å²) in [5.41, 5.74) is 2.85. The molecule has 0 spiro atoms. The van der Waals surface area contributed by atoms with Crippen LogP contribution >= 0.6 is 0 Å². The summed E-state index contributed by atoms with van der Waals surface area (Å²) in [6.07, 6.45) is 9.45. The van der Waals surface area contributed by atoms with Gasteiger partial charge < -0.3 is 10.1 Å². The van der Waals surface area contributed by atoms with Gasteiger partial charge >= 0.3 is 0 Å². The maximum atomic E-state index is 12.1. The van der Waals surface area contributed by atoms with E-state index in [2.05, 4.69) is 45.1 Å². The van der Waals surface area contributed by atoms with Crippen molar-refractivity contribution in [1.29, 1.82) is 0 Å². The minimum absolute atomic E-state index is 0.0675. The Morgan fingerprint density at radius 1 is 1.14 bits per heavy atom. The van der Waals surface area contributed by atoms with Gasteiger partial charge in [-0.25, -0.2) is 9.67 Å². The summed E-state index contributed by atoms with van der Waals surface area (Å²) in [7, 11) is 3.78. The number of hydrogen-bond donors (Lipinski definition) is 1. The third kappa shape index (κ3) is 4.78. The van der Waals surface area contributed by atoms with Crippen LogP contribution in [0.5, 0.6) is 5.88 Å². The summed E-state index contributed by atoms with van der Waals surface area (Å²) < 4.78 is 11.6. The van der Waals surface area contributed by atoms with Crippen LogP contribution in [0.25, 0.3) is 22.2 Å². The molecule has 10 heteroatoms. The minimum atomic E-state index is -0.0971. The molecule has 4 aromatic heterocycles. The molecule has 5 rings (SSSR count). The summed E-state index contributed by atoms with van der Waals surface area (Å²) in [6.45, 7) is 4.71. The van der Waals surface area contributed by atoms with Crippen LogP contribution in [0.1, 0.15) is 45.6 Å². The molecule has 0 radical (unpaired) electrons. The number of anilines is 1.